The minimum atomic E-state index is -0.0129. The molecule has 0 saturated heterocycles. The molecule has 1 aromatic carbocycles. The van der Waals surface area contributed by atoms with E-state index in [4.69, 9.17) is 0 Å². The average molecular weight is 366 g/mol. The van der Waals surface area contributed by atoms with E-state index < -0.39 is 0 Å². The summed E-state index contributed by atoms with van der Waals surface area (Å²) < 4.78 is 1.88. The van der Waals surface area contributed by atoms with Crippen molar-refractivity contribution in [1.29, 1.82) is 0 Å². The molecule has 27 heavy (non-hydrogen) atoms. The Kier molecular flexibility index (Phi) is 4.37. The van der Waals surface area contributed by atoms with Gasteiger partial charge in [0.15, 0.2) is 0 Å². The van der Waals surface area contributed by atoms with E-state index in [1.165, 1.54) is 0 Å². The number of H-pyrrole nitrogens is 1. The van der Waals surface area contributed by atoms with Crippen molar-refractivity contribution >= 4 is 17.1 Å². The van der Waals surface area contributed by atoms with Gasteiger partial charge in [0, 0.05) is 30.9 Å². The second-order valence-corrected chi connectivity index (χ2v) is 7.46. The van der Waals surface area contributed by atoms with E-state index in [-0.39, 0.29) is 6.03 Å². The summed E-state index contributed by atoms with van der Waals surface area (Å²) in [6, 6.07) is 6.37. The van der Waals surface area contributed by atoms with Crippen molar-refractivity contribution in [1.82, 2.24) is 30.0 Å². The lowest BCUT2D eigenvalue weighted by Crippen LogP contribution is -2.40. The third kappa shape index (κ3) is 3.54. The van der Waals surface area contributed by atoms with E-state index >= 15 is 0 Å². The van der Waals surface area contributed by atoms with Crippen LogP contribution < -0.4 is 5.32 Å². The molecule has 7 nitrogen and oxygen atoms in total. The molecular formula is C20H26N6O. The summed E-state index contributed by atoms with van der Waals surface area (Å²) in [6.45, 7) is 7.12. The normalized spacial score (nSPS) is 13.9. The average Bonchev–Trinajstić information content (AvgIpc) is 3.35. The van der Waals surface area contributed by atoms with E-state index in [0.29, 0.717) is 19.1 Å². The molecule has 2 N–H and O–H groups in total. The third-order valence-corrected chi connectivity index (χ3v) is 5.34. The van der Waals surface area contributed by atoms with Crippen LogP contribution in [-0.2, 0) is 20.1 Å². The smallest absolute Gasteiger partial charge is 0.318 e. The molecule has 2 aromatic heterocycles. The Morgan fingerprint density at radius 3 is 2.78 bits per heavy atom. The van der Waals surface area contributed by atoms with Gasteiger partial charge >= 0.3 is 6.03 Å². The van der Waals surface area contributed by atoms with Crippen molar-refractivity contribution in [2.45, 2.75) is 52.7 Å². The molecule has 1 aliphatic carbocycles. The third-order valence-electron chi connectivity index (χ3n) is 5.34. The van der Waals surface area contributed by atoms with E-state index in [1.54, 1.807) is 0 Å². The Balaban J connectivity index is 1.45. The summed E-state index contributed by atoms with van der Waals surface area (Å²) in [5.74, 6) is 0.897. The van der Waals surface area contributed by atoms with Gasteiger partial charge < -0.3 is 15.2 Å². The van der Waals surface area contributed by atoms with Crippen molar-refractivity contribution in [3.05, 3.63) is 46.5 Å². The molecule has 0 bridgehead atoms. The van der Waals surface area contributed by atoms with E-state index in [9.17, 15) is 4.79 Å². The number of hydrogen-bond donors (Lipinski definition) is 2. The lowest BCUT2D eigenvalue weighted by Gasteiger charge is -2.23. The molecule has 2 heterocycles. The van der Waals surface area contributed by atoms with Gasteiger partial charge in [-0.15, -0.1) is 0 Å². The number of imidazole rings is 1. The van der Waals surface area contributed by atoms with Crippen LogP contribution in [0.2, 0.25) is 0 Å². The molecule has 142 valence electrons. The van der Waals surface area contributed by atoms with E-state index in [2.05, 4.69) is 27.3 Å². The Morgan fingerprint density at radius 2 is 2.11 bits per heavy atom. The van der Waals surface area contributed by atoms with Crippen molar-refractivity contribution in [3.8, 4) is 0 Å². The summed E-state index contributed by atoms with van der Waals surface area (Å²) >= 11 is 0. The predicted molar refractivity (Wildman–Crippen MR) is 104 cm³/mol. The Labute approximate surface area is 158 Å². The summed E-state index contributed by atoms with van der Waals surface area (Å²) in [7, 11) is 1.95. The van der Waals surface area contributed by atoms with Gasteiger partial charge in [-0.25, -0.2) is 9.78 Å². The molecular weight excluding hydrogens is 340 g/mol. The molecule has 7 heteroatoms. The minimum absolute atomic E-state index is 0.0129. The van der Waals surface area contributed by atoms with Crippen molar-refractivity contribution < 1.29 is 4.79 Å². The maximum Gasteiger partial charge on any atom is 0.318 e. The number of amides is 2. The van der Waals surface area contributed by atoms with Crippen LogP contribution in [0.1, 0.15) is 41.2 Å². The number of urea groups is 1. The quantitative estimate of drug-likeness (QED) is 0.728. The maximum atomic E-state index is 12.9. The predicted octanol–water partition coefficient (Wildman–Crippen LogP) is 3.10. The highest BCUT2D eigenvalue weighted by Gasteiger charge is 2.33. The van der Waals surface area contributed by atoms with Gasteiger partial charge in [-0.05, 0) is 51.3 Å². The van der Waals surface area contributed by atoms with Crippen LogP contribution in [0.4, 0.5) is 4.79 Å². The van der Waals surface area contributed by atoms with E-state index in [0.717, 1.165) is 52.2 Å². The zero-order valence-electron chi connectivity index (χ0n) is 16.3. The lowest BCUT2D eigenvalue weighted by atomic mass is 10.2. The fourth-order valence-electron chi connectivity index (χ4n) is 3.54. The maximum absolute atomic E-state index is 12.9. The van der Waals surface area contributed by atoms with Gasteiger partial charge in [0.25, 0.3) is 0 Å². The first-order valence-electron chi connectivity index (χ1n) is 9.41. The van der Waals surface area contributed by atoms with Crippen LogP contribution in [0.15, 0.2) is 18.2 Å². The number of aromatic amines is 1. The molecule has 1 saturated carbocycles. The standard InChI is InChI=1S/C20H26N6O/c1-12-17(13(2)25(4)24-12)11-26(16-6-7-16)20(27)21-10-15-5-8-18-19(9-15)23-14(3)22-18/h5,8-9,16H,6-7,10-11H2,1-4H3,(H,21,27)(H,22,23). The number of aryl methyl sites for hydroxylation is 3. The van der Waals surface area contributed by atoms with Crippen molar-refractivity contribution in [2.24, 2.45) is 7.05 Å². The highest BCUT2D eigenvalue weighted by atomic mass is 16.2. The SMILES string of the molecule is Cc1nc2ccc(CNC(=O)N(Cc3c(C)nn(C)c3C)C3CC3)cc2[nH]1. The first-order chi connectivity index (χ1) is 12.9. The molecule has 0 spiro atoms. The molecule has 0 radical (unpaired) electrons. The minimum Gasteiger partial charge on any atom is -0.342 e. The number of nitrogens with zero attached hydrogens (tertiary/aromatic N) is 4. The highest BCUT2D eigenvalue weighted by Crippen LogP contribution is 2.29. The van der Waals surface area contributed by atoms with Crippen molar-refractivity contribution in [3.63, 3.8) is 0 Å². The van der Waals surface area contributed by atoms with Crippen LogP contribution in [0, 0.1) is 20.8 Å². The number of carbonyl (C=O) groups is 1. The largest absolute Gasteiger partial charge is 0.342 e. The molecule has 0 atom stereocenters. The molecule has 3 aromatic rings. The number of fused-ring (bicyclic) bond motifs is 1. The number of carbonyl (C=O) groups excluding carboxylic acids is 1. The van der Waals surface area contributed by atoms with Gasteiger partial charge in [0.2, 0.25) is 0 Å². The van der Waals surface area contributed by atoms with Crippen LogP contribution in [0.5, 0.6) is 0 Å². The molecule has 4 rings (SSSR count). The first kappa shape index (κ1) is 17.6. The van der Waals surface area contributed by atoms with Gasteiger partial charge in [0.05, 0.1) is 23.3 Å². The summed E-state index contributed by atoms with van der Waals surface area (Å²) in [5.41, 5.74) is 6.27. The fraction of sp³-hybridized carbons (Fsp3) is 0.450. The number of aromatic nitrogens is 4. The number of benzene rings is 1. The summed E-state index contributed by atoms with van der Waals surface area (Å²) in [5, 5.41) is 7.56. The zero-order chi connectivity index (χ0) is 19.1. The summed E-state index contributed by atoms with van der Waals surface area (Å²) in [4.78, 5) is 22.5. The number of hydrogen-bond acceptors (Lipinski definition) is 3. The number of rotatable bonds is 5. The molecule has 2 amide bonds. The lowest BCUT2D eigenvalue weighted by molar-refractivity contribution is 0.191. The summed E-state index contributed by atoms with van der Waals surface area (Å²) in [6.07, 6.45) is 2.15. The monoisotopic (exact) mass is 366 g/mol. The van der Waals surface area contributed by atoms with Crippen molar-refractivity contribution in [2.75, 3.05) is 0 Å². The van der Waals surface area contributed by atoms with Gasteiger partial charge in [0.1, 0.15) is 5.82 Å². The van der Waals surface area contributed by atoms with Crippen LogP contribution in [0.25, 0.3) is 11.0 Å². The van der Waals surface area contributed by atoms with Gasteiger partial charge in [-0.3, -0.25) is 4.68 Å². The molecule has 0 unspecified atom stereocenters. The van der Waals surface area contributed by atoms with Gasteiger partial charge in [-0.1, -0.05) is 6.07 Å². The highest BCUT2D eigenvalue weighted by molar-refractivity contribution is 5.77. The van der Waals surface area contributed by atoms with Crippen LogP contribution >= 0.6 is 0 Å². The number of nitrogens with one attached hydrogen (secondary N) is 2. The Bertz CT molecular complexity index is 997. The Morgan fingerprint density at radius 1 is 1.33 bits per heavy atom. The molecule has 1 fully saturated rings. The molecule has 0 aliphatic heterocycles. The first-order valence-corrected chi connectivity index (χ1v) is 9.41. The van der Waals surface area contributed by atoms with Crippen LogP contribution in [0.3, 0.4) is 0 Å². The second kappa shape index (κ2) is 6.72. The van der Waals surface area contributed by atoms with Crippen LogP contribution in [-0.4, -0.2) is 36.7 Å². The second-order valence-electron chi connectivity index (χ2n) is 7.46. The topological polar surface area (TPSA) is 78.8 Å². The zero-order valence-corrected chi connectivity index (χ0v) is 16.3. The van der Waals surface area contributed by atoms with Gasteiger partial charge in [-0.2, -0.15) is 5.10 Å². The van der Waals surface area contributed by atoms with E-state index in [1.807, 2.05) is 48.7 Å². The Hall–Kier alpha value is -2.83. The molecule has 1 aliphatic rings. The fourth-order valence-corrected chi connectivity index (χ4v) is 3.54.